The van der Waals surface area contributed by atoms with Gasteiger partial charge in [-0.2, -0.15) is 19.6 Å². The van der Waals surface area contributed by atoms with Gasteiger partial charge in [-0.25, -0.2) is 0 Å². The molecule has 0 aromatic carbocycles. The van der Waals surface area contributed by atoms with E-state index in [9.17, 15) is 0 Å². The van der Waals surface area contributed by atoms with E-state index in [2.05, 4.69) is 32.2 Å². The Hall–Kier alpha value is -1.40. The lowest BCUT2D eigenvalue weighted by molar-refractivity contribution is 0.277. The van der Waals surface area contributed by atoms with Gasteiger partial charge in [0.1, 0.15) is 17.3 Å². The molecule has 1 unspecified atom stereocenters. The first-order chi connectivity index (χ1) is 9.70. The lowest BCUT2D eigenvalue weighted by atomic mass is 10.2. The van der Waals surface area contributed by atoms with Crippen molar-refractivity contribution in [2.24, 2.45) is 0 Å². The maximum Gasteiger partial charge on any atom is 0.255 e. The number of aromatic nitrogens is 4. The first-order valence-corrected chi connectivity index (χ1v) is 7.42. The lowest BCUT2D eigenvalue weighted by Gasteiger charge is -2.23. The van der Waals surface area contributed by atoms with E-state index >= 15 is 0 Å². The van der Waals surface area contributed by atoms with Crippen LogP contribution in [0, 0.1) is 6.92 Å². The van der Waals surface area contributed by atoms with Crippen LogP contribution in [0.4, 0.5) is 5.82 Å². The van der Waals surface area contributed by atoms with Crippen LogP contribution in [-0.2, 0) is 0 Å². The number of likely N-dealkylation sites (tertiary alicyclic amines) is 1. The molecule has 108 valence electrons. The van der Waals surface area contributed by atoms with Gasteiger partial charge < -0.3 is 5.32 Å². The van der Waals surface area contributed by atoms with Crippen LogP contribution >= 0.6 is 11.6 Å². The molecule has 0 amide bonds. The smallest absolute Gasteiger partial charge is 0.255 e. The Bertz CT molecular complexity index is 610. The van der Waals surface area contributed by atoms with E-state index in [1.54, 1.807) is 4.52 Å². The number of likely N-dealkylation sites (N-methyl/N-ethyl adjacent to an activating group) is 1. The summed E-state index contributed by atoms with van der Waals surface area (Å²) in [5.41, 5.74) is 0.908. The molecule has 1 aliphatic rings. The van der Waals surface area contributed by atoms with Crippen molar-refractivity contribution >= 4 is 23.2 Å². The van der Waals surface area contributed by atoms with Gasteiger partial charge in [0.2, 0.25) is 0 Å². The quantitative estimate of drug-likeness (QED) is 0.874. The largest absolute Gasteiger partial charge is 0.368 e. The maximum absolute atomic E-state index is 6.16. The van der Waals surface area contributed by atoms with E-state index in [0.717, 1.165) is 24.5 Å². The molecule has 6 nitrogen and oxygen atoms in total. The third-order valence-electron chi connectivity index (χ3n) is 4.01. The van der Waals surface area contributed by atoms with Crippen LogP contribution < -0.4 is 5.32 Å². The van der Waals surface area contributed by atoms with Crippen molar-refractivity contribution in [1.29, 1.82) is 0 Å². The Morgan fingerprint density at radius 2 is 2.35 bits per heavy atom. The molecule has 0 spiro atoms. The van der Waals surface area contributed by atoms with Crippen molar-refractivity contribution in [2.75, 3.05) is 25.0 Å². The molecule has 1 fully saturated rings. The zero-order chi connectivity index (χ0) is 14.1. The Labute approximate surface area is 123 Å². The minimum absolute atomic E-state index is 0.478. The molecule has 7 heteroatoms. The summed E-state index contributed by atoms with van der Waals surface area (Å²) in [6.07, 6.45) is 4.01. The average molecular weight is 295 g/mol. The van der Waals surface area contributed by atoms with Crippen LogP contribution in [0.3, 0.4) is 0 Å². The molecule has 0 saturated carbocycles. The molecule has 0 aliphatic carbocycles. The second-order valence-electron chi connectivity index (χ2n) is 5.15. The van der Waals surface area contributed by atoms with Crippen molar-refractivity contribution in [2.45, 2.75) is 32.7 Å². The van der Waals surface area contributed by atoms with Gasteiger partial charge in [-0.15, -0.1) is 0 Å². The summed E-state index contributed by atoms with van der Waals surface area (Å²) in [6.45, 7) is 7.34. The normalized spacial score (nSPS) is 19.9. The van der Waals surface area contributed by atoms with Gasteiger partial charge in [0.25, 0.3) is 5.78 Å². The first kappa shape index (κ1) is 13.6. The summed E-state index contributed by atoms with van der Waals surface area (Å²) >= 11 is 6.16. The summed E-state index contributed by atoms with van der Waals surface area (Å²) in [6, 6.07) is 0.574. The summed E-state index contributed by atoms with van der Waals surface area (Å²) < 4.78 is 1.71. The van der Waals surface area contributed by atoms with E-state index in [0.29, 0.717) is 17.0 Å². The fraction of sp³-hybridized carbons (Fsp3) is 0.615. The van der Waals surface area contributed by atoms with Crippen LogP contribution in [0.15, 0.2) is 6.33 Å². The number of hydrogen-bond donors (Lipinski definition) is 1. The summed E-state index contributed by atoms with van der Waals surface area (Å²) in [7, 11) is 0. The SMILES string of the molecule is CCN1CCCC1CNc1c(C)c(Cl)nc2ncnn12. The highest BCUT2D eigenvalue weighted by Crippen LogP contribution is 2.23. The predicted molar refractivity (Wildman–Crippen MR) is 79.3 cm³/mol. The van der Waals surface area contributed by atoms with Crippen molar-refractivity contribution in [1.82, 2.24) is 24.5 Å². The molecular formula is C13H19ClN6. The highest BCUT2D eigenvalue weighted by molar-refractivity contribution is 6.30. The fourth-order valence-electron chi connectivity index (χ4n) is 2.86. The topological polar surface area (TPSA) is 58.3 Å². The number of halogens is 1. The van der Waals surface area contributed by atoms with Gasteiger partial charge in [-0.3, -0.25) is 4.90 Å². The molecule has 3 heterocycles. The Morgan fingerprint density at radius 1 is 1.50 bits per heavy atom. The zero-order valence-corrected chi connectivity index (χ0v) is 12.6. The van der Waals surface area contributed by atoms with Gasteiger partial charge in [-0.05, 0) is 32.9 Å². The number of fused-ring (bicyclic) bond motifs is 1. The number of nitrogens with one attached hydrogen (secondary N) is 1. The van der Waals surface area contributed by atoms with E-state index in [1.807, 2.05) is 6.92 Å². The van der Waals surface area contributed by atoms with Gasteiger partial charge in [0.15, 0.2) is 0 Å². The average Bonchev–Trinajstić information content (AvgIpc) is 3.07. The minimum Gasteiger partial charge on any atom is -0.368 e. The maximum atomic E-state index is 6.16. The molecule has 0 bridgehead atoms. The lowest BCUT2D eigenvalue weighted by Crippen LogP contribution is -2.35. The van der Waals surface area contributed by atoms with Crippen molar-refractivity contribution in [3.8, 4) is 0 Å². The second-order valence-corrected chi connectivity index (χ2v) is 5.51. The van der Waals surface area contributed by atoms with Crippen molar-refractivity contribution in [3.63, 3.8) is 0 Å². The number of hydrogen-bond acceptors (Lipinski definition) is 5. The Morgan fingerprint density at radius 3 is 3.15 bits per heavy atom. The third-order valence-corrected chi connectivity index (χ3v) is 4.38. The first-order valence-electron chi connectivity index (χ1n) is 7.04. The summed E-state index contributed by atoms with van der Waals surface area (Å²) in [5.74, 6) is 1.42. The van der Waals surface area contributed by atoms with Crippen molar-refractivity contribution < 1.29 is 0 Å². The van der Waals surface area contributed by atoms with Crippen LogP contribution in [0.25, 0.3) is 5.78 Å². The van der Waals surface area contributed by atoms with Crippen LogP contribution in [0.2, 0.25) is 5.15 Å². The highest BCUT2D eigenvalue weighted by atomic mass is 35.5. The molecule has 3 rings (SSSR count). The molecular weight excluding hydrogens is 276 g/mol. The van der Waals surface area contributed by atoms with Gasteiger partial charge in [0.05, 0.1) is 0 Å². The van der Waals surface area contributed by atoms with E-state index in [1.165, 1.54) is 25.7 Å². The molecule has 1 N–H and O–H groups in total. The van der Waals surface area contributed by atoms with Crippen LogP contribution in [-0.4, -0.2) is 50.2 Å². The summed E-state index contributed by atoms with van der Waals surface area (Å²) in [5, 5.41) is 8.18. The molecule has 2 aromatic heterocycles. The summed E-state index contributed by atoms with van der Waals surface area (Å²) in [4.78, 5) is 10.8. The van der Waals surface area contributed by atoms with Crippen LogP contribution in [0.5, 0.6) is 0 Å². The van der Waals surface area contributed by atoms with E-state index in [4.69, 9.17) is 11.6 Å². The predicted octanol–water partition coefficient (Wildman–Crippen LogP) is 1.98. The molecule has 2 aromatic rings. The fourth-order valence-corrected chi connectivity index (χ4v) is 3.03. The standard InChI is InChI=1S/C13H19ClN6/c1-3-19-6-4-5-10(19)7-15-12-9(2)11(14)18-13-16-8-17-20(12)13/h8,10,15H,3-7H2,1-2H3. The van der Waals surface area contributed by atoms with E-state index < -0.39 is 0 Å². The molecule has 20 heavy (non-hydrogen) atoms. The molecule has 1 aliphatic heterocycles. The number of nitrogens with zero attached hydrogens (tertiary/aromatic N) is 5. The Balaban J connectivity index is 1.83. The number of rotatable bonds is 4. The molecule has 1 atom stereocenters. The van der Waals surface area contributed by atoms with Crippen molar-refractivity contribution in [3.05, 3.63) is 17.0 Å². The van der Waals surface area contributed by atoms with E-state index in [-0.39, 0.29) is 0 Å². The van der Waals surface area contributed by atoms with Gasteiger partial charge in [0, 0.05) is 18.2 Å². The minimum atomic E-state index is 0.478. The Kier molecular flexibility index (Phi) is 3.76. The number of anilines is 1. The highest BCUT2D eigenvalue weighted by Gasteiger charge is 2.23. The monoisotopic (exact) mass is 294 g/mol. The third kappa shape index (κ3) is 2.33. The van der Waals surface area contributed by atoms with Gasteiger partial charge in [-0.1, -0.05) is 18.5 Å². The zero-order valence-electron chi connectivity index (χ0n) is 11.8. The second kappa shape index (κ2) is 5.54. The van der Waals surface area contributed by atoms with Gasteiger partial charge >= 0.3 is 0 Å². The molecule has 1 saturated heterocycles. The molecule has 0 radical (unpaired) electrons. The van der Waals surface area contributed by atoms with Crippen LogP contribution in [0.1, 0.15) is 25.3 Å².